The number of nitriles is 1. The highest BCUT2D eigenvalue weighted by atomic mass is 19.1. The monoisotopic (exact) mass is 408 g/mol. The van der Waals surface area contributed by atoms with Crippen LogP contribution in [-0.2, 0) is 20.1 Å². The summed E-state index contributed by atoms with van der Waals surface area (Å²) in [7, 11) is 1.56. The molecule has 0 radical (unpaired) electrons. The third-order valence-corrected chi connectivity index (χ3v) is 5.18. The number of rotatable bonds is 7. The summed E-state index contributed by atoms with van der Waals surface area (Å²) in [6.45, 7) is 1.81. The molecular formula is C22H21FN4O3. The Labute approximate surface area is 172 Å². The van der Waals surface area contributed by atoms with Crippen molar-refractivity contribution in [2.45, 2.75) is 38.7 Å². The molecule has 1 aliphatic carbocycles. The van der Waals surface area contributed by atoms with Crippen molar-refractivity contribution in [3.8, 4) is 23.3 Å². The molecule has 1 saturated carbocycles. The van der Waals surface area contributed by atoms with Gasteiger partial charge in [-0.15, -0.1) is 0 Å². The summed E-state index contributed by atoms with van der Waals surface area (Å²) in [5, 5.41) is 15.6. The predicted molar refractivity (Wildman–Crippen MR) is 107 cm³/mol. The summed E-state index contributed by atoms with van der Waals surface area (Å²) < 4.78 is 28.1. The lowest BCUT2D eigenvalue weighted by molar-refractivity contribution is 0.273. The highest BCUT2D eigenvalue weighted by Crippen LogP contribution is 2.43. The lowest BCUT2D eigenvalue weighted by Crippen LogP contribution is -2.15. The van der Waals surface area contributed by atoms with Crippen LogP contribution in [0.25, 0.3) is 0 Å². The van der Waals surface area contributed by atoms with Crippen molar-refractivity contribution in [2.24, 2.45) is 7.05 Å². The Morgan fingerprint density at radius 1 is 1.33 bits per heavy atom. The van der Waals surface area contributed by atoms with E-state index in [0.717, 1.165) is 18.4 Å². The smallest absolute Gasteiger partial charge is 0.343 e. The van der Waals surface area contributed by atoms with Crippen LogP contribution in [0.2, 0.25) is 0 Å². The maximum atomic E-state index is 15.1. The van der Waals surface area contributed by atoms with Crippen molar-refractivity contribution in [2.75, 3.05) is 0 Å². The summed E-state index contributed by atoms with van der Waals surface area (Å²) in [6, 6.07) is 10.7. The number of aromatic amines is 1. The number of H-pyrrole nitrogens is 1. The van der Waals surface area contributed by atoms with E-state index in [4.69, 9.17) is 9.47 Å². The van der Waals surface area contributed by atoms with Gasteiger partial charge in [-0.3, -0.25) is 4.57 Å². The molecule has 0 bridgehead atoms. The average Bonchev–Trinajstić information content (AvgIpc) is 3.55. The van der Waals surface area contributed by atoms with Crippen LogP contribution in [-0.4, -0.2) is 14.8 Å². The first kappa shape index (κ1) is 19.7. The fraction of sp³-hybridized carbons (Fsp3) is 0.318. The van der Waals surface area contributed by atoms with Gasteiger partial charge >= 0.3 is 5.69 Å². The maximum Gasteiger partial charge on any atom is 0.343 e. The topological polar surface area (TPSA) is 92.9 Å². The van der Waals surface area contributed by atoms with Crippen molar-refractivity contribution in [1.82, 2.24) is 14.8 Å². The second kappa shape index (κ2) is 8.03. The van der Waals surface area contributed by atoms with E-state index in [2.05, 4.69) is 16.3 Å². The molecular weight excluding hydrogens is 387 g/mol. The number of aromatic nitrogens is 3. The standard InChI is InChI=1S/C22H21FN4O3/c1-3-14-6-7-18(29-12-19-25-26-22(28)27(19)2)21(20(14)23)30-17-9-13(11-24)8-16(10-17)15-4-5-15/h6-10,15H,3-5,12H2,1-2H3,(H,26,28). The quantitative estimate of drug-likeness (QED) is 0.639. The Balaban J connectivity index is 1.67. The van der Waals surface area contributed by atoms with Crippen molar-refractivity contribution >= 4 is 0 Å². The Morgan fingerprint density at radius 3 is 2.77 bits per heavy atom. The molecule has 1 heterocycles. The molecule has 0 amide bonds. The number of halogens is 1. The number of benzene rings is 2. The second-order valence-electron chi connectivity index (χ2n) is 7.29. The van der Waals surface area contributed by atoms with E-state index >= 15 is 4.39 Å². The second-order valence-corrected chi connectivity index (χ2v) is 7.29. The van der Waals surface area contributed by atoms with Crippen molar-refractivity contribution in [1.29, 1.82) is 5.26 Å². The predicted octanol–water partition coefficient (Wildman–Crippen LogP) is 3.93. The third kappa shape index (κ3) is 3.92. The van der Waals surface area contributed by atoms with Gasteiger partial charge in [0.1, 0.15) is 12.4 Å². The van der Waals surface area contributed by atoms with Crippen molar-refractivity contribution in [3.05, 3.63) is 69.1 Å². The first-order valence-corrected chi connectivity index (χ1v) is 9.77. The van der Waals surface area contributed by atoms with Crippen molar-refractivity contribution in [3.63, 3.8) is 0 Å². The summed E-state index contributed by atoms with van der Waals surface area (Å²) in [5.74, 6) is 0.807. The van der Waals surface area contributed by atoms with Gasteiger partial charge in [-0.1, -0.05) is 13.0 Å². The first-order valence-electron chi connectivity index (χ1n) is 9.77. The molecule has 3 aromatic rings. The molecule has 2 aromatic carbocycles. The third-order valence-electron chi connectivity index (χ3n) is 5.18. The Hall–Kier alpha value is -3.60. The fourth-order valence-corrected chi connectivity index (χ4v) is 3.23. The average molecular weight is 408 g/mol. The molecule has 0 unspecified atom stereocenters. The maximum absolute atomic E-state index is 15.1. The zero-order chi connectivity index (χ0) is 21.3. The Morgan fingerprint density at radius 2 is 2.13 bits per heavy atom. The number of nitrogens with zero attached hydrogens (tertiary/aromatic N) is 3. The van der Waals surface area contributed by atoms with Gasteiger partial charge in [0.05, 0.1) is 11.6 Å². The van der Waals surface area contributed by atoms with Crippen molar-refractivity contribution < 1.29 is 13.9 Å². The van der Waals surface area contributed by atoms with Crippen LogP contribution >= 0.6 is 0 Å². The van der Waals surface area contributed by atoms with E-state index in [1.54, 1.807) is 25.2 Å². The summed E-state index contributed by atoms with van der Waals surface area (Å²) in [4.78, 5) is 11.5. The molecule has 1 fully saturated rings. The molecule has 4 rings (SSSR count). The van der Waals surface area contributed by atoms with Gasteiger partial charge in [0.25, 0.3) is 0 Å². The van der Waals surface area contributed by atoms with Gasteiger partial charge in [-0.25, -0.2) is 14.3 Å². The molecule has 0 spiro atoms. The highest BCUT2D eigenvalue weighted by Gasteiger charge is 2.25. The summed E-state index contributed by atoms with van der Waals surface area (Å²) >= 11 is 0. The van der Waals surface area contributed by atoms with Gasteiger partial charge in [-0.05, 0) is 60.6 Å². The van der Waals surface area contributed by atoms with E-state index in [-0.39, 0.29) is 23.8 Å². The molecule has 30 heavy (non-hydrogen) atoms. The van der Waals surface area contributed by atoms with E-state index in [0.29, 0.717) is 35.0 Å². The van der Waals surface area contributed by atoms with E-state index in [1.807, 2.05) is 19.1 Å². The number of aryl methyl sites for hydroxylation is 1. The molecule has 8 heteroatoms. The fourth-order valence-electron chi connectivity index (χ4n) is 3.23. The largest absolute Gasteiger partial charge is 0.482 e. The van der Waals surface area contributed by atoms with Gasteiger partial charge in [0.15, 0.2) is 17.4 Å². The van der Waals surface area contributed by atoms with E-state index < -0.39 is 5.82 Å². The minimum atomic E-state index is -0.513. The summed E-state index contributed by atoms with van der Waals surface area (Å²) in [6.07, 6.45) is 2.64. The van der Waals surface area contributed by atoms with Gasteiger partial charge in [0, 0.05) is 7.05 Å². The molecule has 154 valence electrons. The zero-order valence-electron chi connectivity index (χ0n) is 16.7. The highest BCUT2D eigenvalue weighted by molar-refractivity contribution is 5.50. The Kier molecular flexibility index (Phi) is 5.27. The van der Waals surface area contributed by atoms with Crippen LogP contribution in [0.15, 0.2) is 35.1 Å². The van der Waals surface area contributed by atoms with Crippen LogP contribution in [0.3, 0.4) is 0 Å². The van der Waals surface area contributed by atoms with Crippen LogP contribution in [0.5, 0.6) is 17.2 Å². The number of nitrogens with one attached hydrogen (secondary N) is 1. The zero-order valence-corrected chi connectivity index (χ0v) is 16.7. The molecule has 7 nitrogen and oxygen atoms in total. The van der Waals surface area contributed by atoms with E-state index in [9.17, 15) is 10.1 Å². The molecule has 1 aromatic heterocycles. The number of hydrogen-bond acceptors (Lipinski definition) is 5. The van der Waals surface area contributed by atoms with E-state index in [1.165, 1.54) is 4.57 Å². The minimum Gasteiger partial charge on any atom is -0.482 e. The van der Waals surface area contributed by atoms with Crippen LogP contribution < -0.4 is 15.2 Å². The molecule has 1 N–H and O–H groups in total. The molecule has 1 aliphatic rings. The van der Waals surface area contributed by atoms with Gasteiger partial charge < -0.3 is 9.47 Å². The lowest BCUT2D eigenvalue weighted by atomic mass is 10.1. The molecule has 0 saturated heterocycles. The molecule has 0 aliphatic heterocycles. The van der Waals surface area contributed by atoms with Gasteiger partial charge in [0.2, 0.25) is 5.75 Å². The van der Waals surface area contributed by atoms with Crippen LogP contribution in [0, 0.1) is 17.1 Å². The minimum absolute atomic E-state index is 0.0396. The molecule has 0 atom stereocenters. The normalized spacial score (nSPS) is 13.1. The van der Waals surface area contributed by atoms with Gasteiger partial charge in [-0.2, -0.15) is 10.4 Å². The number of hydrogen-bond donors (Lipinski definition) is 1. The Bertz CT molecular complexity index is 1190. The number of ether oxygens (including phenoxy) is 2. The van der Waals surface area contributed by atoms with Crippen LogP contribution in [0.4, 0.5) is 4.39 Å². The first-order chi connectivity index (χ1) is 14.5. The summed E-state index contributed by atoms with van der Waals surface area (Å²) in [5.41, 5.74) is 1.61. The lowest BCUT2D eigenvalue weighted by Gasteiger charge is -2.16. The van der Waals surface area contributed by atoms with Crippen LogP contribution in [0.1, 0.15) is 48.2 Å². The SMILES string of the molecule is CCc1ccc(OCc2n[nH]c(=O)n2C)c(Oc2cc(C#N)cc(C3CC3)c2)c1F.